The number of nitrogens with zero attached hydrogens (tertiary/aromatic N) is 2. The first kappa shape index (κ1) is 36.6. The number of allylic oxidation sites excluding steroid dienone is 3. The van der Waals surface area contributed by atoms with E-state index >= 15 is 0 Å². The van der Waals surface area contributed by atoms with Crippen LogP contribution in [0.15, 0.2) is 144 Å². The average molecular weight is 717 g/mol. The molecule has 0 saturated heterocycles. The monoisotopic (exact) mass is 716 g/mol. The molecule has 1 aliphatic heterocycles. The summed E-state index contributed by atoms with van der Waals surface area (Å²) in [5, 5.41) is 0. The van der Waals surface area contributed by atoms with Crippen molar-refractivity contribution in [2.75, 3.05) is 19.9 Å². The molecule has 0 amide bonds. The van der Waals surface area contributed by atoms with E-state index in [1.54, 1.807) is 61.5 Å². The van der Waals surface area contributed by atoms with E-state index < -0.39 is 45.4 Å². The van der Waals surface area contributed by atoms with Gasteiger partial charge in [0.1, 0.15) is 0 Å². The topological polar surface area (TPSA) is 35.8 Å². The molecule has 0 fully saturated rings. The minimum absolute atomic E-state index is 0.288. The molecule has 1 unspecified atom stereocenters. The van der Waals surface area contributed by atoms with Gasteiger partial charge in [-0.25, -0.2) is 22.6 Å². The van der Waals surface area contributed by atoms with Gasteiger partial charge in [-0.1, -0.05) is 121 Å². The van der Waals surface area contributed by atoms with E-state index in [-0.39, 0.29) is 5.69 Å². The Hall–Kier alpha value is -5.20. The van der Waals surface area contributed by atoms with Crippen LogP contribution in [0.4, 0.5) is 30.7 Å². The number of rotatable bonds is 13. The first-order valence-electron chi connectivity index (χ1n) is 16.3. The summed E-state index contributed by atoms with van der Waals surface area (Å²) < 4.78 is 109. The van der Waals surface area contributed by atoms with E-state index in [1.165, 1.54) is 4.48 Å². The van der Waals surface area contributed by atoms with Crippen molar-refractivity contribution in [2.24, 2.45) is 4.99 Å². The quantitative estimate of drug-likeness (QED) is 0.0899. The maximum absolute atomic E-state index is 14.4. The lowest BCUT2D eigenvalue weighted by atomic mass is 9.94. The van der Waals surface area contributed by atoms with Gasteiger partial charge in [0.15, 0.2) is 6.67 Å². The highest BCUT2D eigenvalue weighted by molar-refractivity contribution is 6.44. The third-order valence-corrected chi connectivity index (χ3v) is 8.41. The fourth-order valence-corrected chi connectivity index (χ4v) is 5.90. The highest BCUT2D eigenvalue weighted by Gasteiger charge is 2.43. The number of halogens is 7. The minimum atomic E-state index is -5.30. The van der Waals surface area contributed by atoms with Crippen LogP contribution in [0.1, 0.15) is 23.7 Å². The van der Waals surface area contributed by atoms with Crippen molar-refractivity contribution in [3.05, 3.63) is 156 Å². The normalized spacial score (nSPS) is 14.9. The first-order valence-corrected chi connectivity index (χ1v) is 16.3. The van der Waals surface area contributed by atoms with Gasteiger partial charge >= 0.3 is 13.4 Å². The Labute approximate surface area is 296 Å². The zero-order chi connectivity index (χ0) is 36.9. The Morgan fingerprint density at radius 1 is 0.731 bits per heavy atom. The van der Waals surface area contributed by atoms with E-state index in [1.807, 2.05) is 78.9 Å². The molecule has 0 aliphatic carbocycles. The van der Waals surface area contributed by atoms with E-state index in [0.717, 1.165) is 11.1 Å². The number of hydrogen-bond acceptors (Lipinski definition) is 3. The van der Waals surface area contributed by atoms with Gasteiger partial charge < -0.3 is 13.8 Å². The van der Waals surface area contributed by atoms with Crippen LogP contribution in [0.5, 0.6) is 0 Å². The summed E-state index contributed by atoms with van der Waals surface area (Å²) in [5.74, 6) is -4.01. The largest absolute Gasteiger partial charge is 0.598 e. The number of alkyl halides is 7. The molecule has 12 heteroatoms. The second-order valence-electron chi connectivity index (χ2n) is 12.1. The third kappa shape index (κ3) is 8.13. The molecular formula is C40H32BF7N2O2. The van der Waals surface area contributed by atoms with Crippen LogP contribution in [0.2, 0.25) is 0 Å². The minimum Gasteiger partial charge on any atom is -0.388 e. The maximum atomic E-state index is 14.4. The van der Waals surface area contributed by atoms with Crippen molar-refractivity contribution in [2.45, 2.75) is 25.2 Å². The molecule has 52 heavy (non-hydrogen) atoms. The summed E-state index contributed by atoms with van der Waals surface area (Å²) in [6, 6.07) is 38.2. The Morgan fingerprint density at radius 3 is 1.79 bits per heavy atom. The van der Waals surface area contributed by atoms with Crippen LogP contribution in [0.25, 0.3) is 33.5 Å². The molecule has 0 saturated carbocycles. The van der Waals surface area contributed by atoms with Crippen LogP contribution >= 0.6 is 0 Å². The van der Waals surface area contributed by atoms with Crippen molar-refractivity contribution < 1.29 is 40.0 Å². The van der Waals surface area contributed by atoms with Crippen LogP contribution in [-0.2, 0) is 9.31 Å². The van der Waals surface area contributed by atoms with Crippen LogP contribution in [-0.4, -0.2) is 55.6 Å². The maximum Gasteiger partial charge on any atom is 0.598 e. The molecule has 1 aliphatic rings. The van der Waals surface area contributed by atoms with Crippen LogP contribution in [0, 0.1) is 0 Å². The third-order valence-electron chi connectivity index (χ3n) is 8.41. The number of aliphatic imine (C=N–C) groups is 1. The van der Waals surface area contributed by atoms with Crippen molar-refractivity contribution in [3.63, 3.8) is 0 Å². The fraction of sp³-hybridized carbons (Fsp3) is 0.175. The first-order chi connectivity index (χ1) is 25.0. The van der Waals surface area contributed by atoms with Crippen molar-refractivity contribution >= 4 is 24.1 Å². The number of aromatic nitrogens is 1. The predicted molar refractivity (Wildman–Crippen MR) is 190 cm³/mol. The summed E-state index contributed by atoms with van der Waals surface area (Å²) in [6.07, 6.45) is -6.85. The molecular weight excluding hydrogens is 684 g/mol. The van der Waals surface area contributed by atoms with Crippen molar-refractivity contribution in [1.29, 1.82) is 0 Å². The van der Waals surface area contributed by atoms with E-state index in [2.05, 4.69) is 0 Å². The number of benzene rings is 4. The van der Waals surface area contributed by atoms with E-state index in [9.17, 15) is 30.7 Å². The Kier molecular flexibility index (Phi) is 11.0. The Morgan fingerprint density at radius 2 is 1.25 bits per heavy atom. The van der Waals surface area contributed by atoms with Gasteiger partial charge in [0, 0.05) is 28.1 Å². The Balaban J connectivity index is 1.65. The zero-order valence-corrected chi connectivity index (χ0v) is 27.8. The second-order valence-corrected chi connectivity index (χ2v) is 12.1. The average Bonchev–Trinajstić information content (AvgIpc) is 3.79. The van der Waals surface area contributed by atoms with Gasteiger partial charge in [0.05, 0.1) is 24.6 Å². The Bertz CT molecular complexity index is 2070. The van der Waals surface area contributed by atoms with Crippen molar-refractivity contribution in [1.82, 2.24) is 4.48 Å². The predicted octanol–water partition coefficient (Wildman–Crippen LogP) is 10.5. The molecule has 6 rings (SSSR count). The summed E-state index contributed by atoms with van der Waals surface area (Å²) in [5.41, 5.74) is 6.23. The molecule has 266 valence electrons. The molecule has 1 aromatic heterocycles. The van der Waals surface area contributed by atoms with Gasteiger partial charge in [0.2, 0.25) is 6.17 Å². The smallest absolute Gasteiger partial charge is 0.388 e. The molecule has 5 aromatic rings. The second kappa shape index (κ2) is 15.6. The van der Waals surface area contributed by atoms with E-state index in [4.69, 9.17) is 14.3 Å². The summed E-state index contributed by atoms with van der Waals surface area (Å²) in [4.78, 5) is 5.05. The van der Waals surface area contributed by atoms with Gasteiger partial charge in [-0.05, 0) is 41.3 Å². The molecule has 0 N–H and O–H groups in total. The van der Waals surface area contributed by atoms with Gasteiger partial charge in [-0.2, -0.15) is 13.2 Å². The lowest BCUT2D eigenvalue weighted by molar-refractivity contribution is -0.188. The summed E-state index contributed by atoms with van der Waals surface area (Å²) in [7, 11) is -2.07. The molecule has 0 spiro atoms. The lowest BCUT2D eigenvalue weighted by Gasteiger charge is -2.25. The standard InChI is InChI=1S/C40H32BF7N2O2/c1-27(37-32(28-14-6-2-7-15-28)22-34(49-37)30-18-10-4-11-19-30)38-33(29-16-8-3-9-17-29)23-35(31-20-12-5-13-21-31)50(38)41(52-26-39(44,45)25-42)51-24-36(43)40(46,47)48/h2-23,36H,24-26H2,1H3/b37-27-. The van der Waals surface area contributed by atoms with Gasteiger partial charge in [0.25, 0.3) is 5.92 Å². The molecule has 0 bridgehead atoms. The molecule has 4 nitrogen and oxygen atoms in total. The van der Waals surface area contributed by atoms with Crippen molar-refractivity contribution in [3.8, 4) is 22.4 Å². The molecule has 4 aromatic carbocycles. The van der Waals surface area contributed by atoms with Crippen LogP contribution in [0.3, 0.4) is 0 Å². The SMILES string of the molecule is C/C(=C1/N=C(c2ccccc2)C=C1c1ccccc1)c1c(-c2ccccc2)cc(-c2ccccc2)n1B(OCC(F)C(F)(F)F)OCC(F)(F)CF. The van der Waals surface area contributed by atoms with Crippen LogP contribution < -0.4 is 0 Å². The molecule has 0 radical (unpaired) electrons. The van der Waals surface area contributed by atoms with Gasteiger partial charge in [-0.15, -0.1) is 0 Å². The summed E-state index contributed by atoms with van der Waals surface area (Å²) >= 11 is 0. The summed E-state index contributed by atoms with van der Waals surface area (Å²) in [6.45, 7) is -3.50. The fourth-order valence-electron chi connectivity index (χ4n) is 5.90. The number of hydrogen-bond donors (Lipinski definition) is 0. The lowest BCUT2D eigenvalue weighted by Crippen LogP contribution is -2.42. The van der Waals surface area contributed by atoms with E-state index in [0.29, 0.717) is 44.9 Å². The zero-order valence-electron chi connectivity index (χ0n) is 27.8. The molecule has 2 heterocycles. The van der Waals surface area contributed by atoms with Gasteiger partial charge in [-0.3, -0.25) is 0 Å². The molecule has 1 atom stereocenters. The highest BCUT2D eigenvalue weighted by atomic mass is 19.4. The highest BCUT2D eigenvalue weighted by Crippen LogP contribution is 2.43.